The molecule has 12 heteroatoms. The first-order chi connectivity index (χ1) is 21.3. The van der Waals surface area contributed by atoms with Gasteiger partial charge in [0.1, 0.15) is 18.5 Å². The SMILES string of the molecule is C/C=C\C1(C)/C(=C\C=O)[C@@H](F)CC2C3CC[C@](ON(C)c4ccc(Cl)cc4)(C(=O)COC(=O)C4CSCN4)C3(C)CC(O)[C@@]21F. The minimum absolute atomic E-state index is 0.0124. The van der Waals surface area contributed by atoms with E-state index in [1.165, 1.54) is 18.1 Å². The summed E-state index contributed by atoms with van der Waals surface area (Å²) < 4.78 is 39.3. The van der Waals surface area contributed by atoms with Gasteiger partial charge in [0.25, 0.3) is 0 Å². The smallest absolute Gasteiger partial charge is 0.324 e. The highest BCUT2D eigenvalue weighted by atomic mass is 35.5. The lowest BCUT2D eigenvalue weighted by molar-refractivity contribution is -0.231. The lowest BCUT2D eigenvalue weighted by Crippen LogP contribution is -2.70. The Labute approximate surface area is 271 Å². The van der Waals surface area contributed by atoms with Gasteiger partial charge in [0, 0.05) is 40.4 Å². The Balaban J connectivity index is 1.55. The number of nitrogens with zero attached hydrogens (tertiary/aromatic N) is 1. The van der Waals surface area contributed by atoms with E-state index in [0.717, 1.165) is 6.08 Å². The maximum absolute atomic E-state index is 17.8. The number of aliphatic hydroxyl groups is 1. The Morgan fingerprint density at radius 1 is 1.24 bits per heavy atom. The molecule has 1 aromatic carbocycles. The molecule has 6 unspecified atom stereocenters. The largest absolute Gasteiger partial charge is 0.456 e. The van der Waals surface area contributed by atoms with E-state index in [2.05, 4.69) is 5.32 Å². The van der Waals surface area contributed by atoms with Crippen LogP contribution in [0.5, 0.6) is 0 Å². The fourth-order valence-corrected chi connectivity index (χ4v) is 9.73. The third-order valence-electron chi connectivity index (χ3n) is 10.9. The van der Waals surface area contributed by atoms with Crippen molar-refractivity contribution in [2.75, 3.05) is 30.3 Å². The number of benzene rings is 1. The number of allylic oxidation sites excluding steroid dienone is 4. The topological polar surface area (TPSA) is 105 Å². The molecule has 0 bridgehead atoms. The van der Waals surface area contributed by atoms with Gasteiger partial charge in [-0.25, -0.2) is 8.78 Å². The van der Waals surface area contributed by atoms with Gasteiger partial charge >= 0.3 is 5.97 Å². The van der Waals surface area contributed by atoms with E-state index in [1.54, 1.807) is 63.0 Å². The number of aldehydes is 1. The van der Waals surface area contributed by atoms with Gasteiger partial charge in [0.15, 0.2) is 17.9 Å². The number of carbonyl (C=O) groups is 3. The van der Waals surface area contributed by atoms with Gasteiger partial charge in [-0.3, -0.25) is 29.6 Å². The number of anilines is 1. The van der Waals surface area contributed by atoms with E-state index in [0.29, 0.717) is 35.0 Å². The van der Waals surface area contributed by atoms with Crippen LogP contribution >= 0.6 is 23.4 Å². The number of Topliss-reactive ketones (excluding diaryl/α,β-unsaturated/α-hetero) is 1. The zero-order valence-corrected chi connectivity index (χ0v) is 27.5. The summed E-state index contributed by atoms with van der Waals surface area (Å²) in [4.78, 5) is 45.2. The lowest BCUT2D eigenvalue weighted by Gasteiger charge is -2.63. The van der Waals surface area contributed by atoms with Gasteiger partial charge in [-0.2, -0.15) is 0 Å². The van der Waals surface area contributed by atoms with Crippen molar-refractivity contribution < 1.29 is 37.8 Å². The van der Waals surface area contributed by atoms with Crippen molar-refractivity contribution in [2.45, 2.75) is 76.0 Å². The van der Waals surface area contributed by atoms with Gasteiger partial charge in [-0.1, -0.05) is 30.7 Å². The molecule has 2 N–H and O–H groups in total. The Bertz CT molecular complexity index is 1380. The Kier molecular flexibility index (Phi) is 9.61. The number of thioether (sulfide) groups is 1. The number of rotatable bonds is 9. The molecule has 9 atom stereocenters. The second kappa shape index (κ2) is 12.7. The summed E-state index contributed by atoms with van der Waals surface area (Å²) in [5.74, 6) is -1.54. The number of halogens is 3. The van der Waals surface area contributed by atoms with Crippen LogP contribution in [0.4, 0.5) is 14.5 Å². The van der Waals surface area contributed by atoms with Crippen LogP contribution in [0, 0.1) is 22.7 Å². The summed E-state index contributed by atoms with van der Waals surface area (Å²) in [6.07, 6.45) is 1.37. The average molecular weight is 667 g/mol. The second-order valence-corrected chi connectivity index (χ2v) is 14.5. The Hall–Kier alpha value is -2.31. The number of carbonyl (C=O) groups excluding carboxylic acids is 3. The number of hydrogen-bond acceptors (Lipinski definition) is 9. The molecule has 0 radical (unpaired) electrons. The van der Waals surface area contributed by atoms with E-state index >= 15 is 8.78 Å². The summed E-state index contributed by atoms with van der Waals surface area (Å²) in [6, 6.07) is 6.26. The Morgan fingerprint density at radius 2 is 1.96 bits per heavy atom. The van der Waals surface area contributed by atoms with Gasteiger partial charge in [-0.05, 0) is 81.4 Å². The zero-order valence-electron chi connectivity index (χ0n) is 25.9. The average Bonchev–Trinajstić information content (AvgIpc) is 3.64. The molecular formula is C33H41ClF2N2O6S. The van der Waals surface area contributed by atoms with Crippen molar-refractivity contribution >= 4 is 47.1 Å². The maximum atomic E-state index is 17.8. The number of hydrogen-bond donors (Lipinski definition) is 2. The van der Waals surface area contributed by atoms with E-state index in [9.17, 15) is 19.5 Å². The second-order valence-electron chi connectivity index (χ2n) is 13.0. The highest BCUT2D eigenvalue weighted by molar-refractivity contribution is 7.99. The fraction of sp³-hybridized carbons (Fsp3) is 0.606. The van der Waals surface area contributed by atoms with Crippen LogP contribution in [0.3, 0.4) is 0 Å². The quantitative estimate of drug-likeness (QED) is 0.121. The predicted octanol–water partition coefficient (Wildman–Crippen LogP) is 5.18. The molecule has 45 heavy (non-hydrogen) atoms. The molecule has 1 aromatic rings. The van der Waals surface area contributed by atoms with E-state index in [-0.39, 0.29) is 24.8 Å². The molecule has 1 saturated heterocycles. The number of fused-ring (bicyclic) bond motifs is 3. The van der Waals surface area contributed by atoms with Crippen molar-refractivity contribution in [2.24, 2.45) is 22.7 Å². The first-order valence-corrected chi connectivity index (χ1v) is 16.8. The van der Waals surface area contributed by atoms with Crippen LogP contribution in [-0.2, 0) is 24.0 Å². The molecule has 0 spiro atoms. The molecule has 3 aliphatic carbocycles. The van der Waals surface area contributed by atoms with Crippen LogP contribution in [0.1, 0.15) is 46.5 Å². The maximum Gasteiger partial charge on any atom is 0.324 e. The summed E-state index contributed by atoms with van der Waals surface area (Å²) in [5, 5.41) is 16.8. The molecule has 246 valence electrons. The molecule has 4 aliphatic rings. The molecule has 4 fully saturated rings. The van der Waals surface area contributed by atoms with Crippen molar-refractivity contribution in [1.82, 2.24) is 5.32 Å². The van der Waals surface area contributed by atoms with E-state index in [4.69, 9.17) is 21.2 Å². The number of alkyl halides is 2. The number of aliphatic hydroxyl groups excluding tert-OH is 1. The first-order valence-electron chi connectivity index (χ1n) is 15.3. The third-order valence-corrected chi connectivity index (χ3v) is 12.1. The molecular weight excluding hydrogens is 626 g/mol. The molecule has 5 rings (SSSR count). The minimum Gasteiger partial charge on any atom is -0.456 e. The van der Waals surface area contributed by atoms with Gasteiger partial charge in [0.05, 0.1) is 11.8 Å². The fourth-order valence-electron chi connectivity index (χ4n) is 8.68. The number of hydroxylamine groups is 1. The van der Waals surface area contributed by atoms with E-state index in [1.807, 2.05) is 0 Å². The van der Waals surface area contributed by atoms with Gasteiger partial charge in [0.2, 0.25) is 5.78 Å². The van der Waals surface area contributed by atoms with Crippen molar-refractivity contribution in [3.8, 4) is 0 Å². The lowest BCUT2D eigenvalue weighted by atomic mass is 9.44. The number of esters is 1. The molecule has 1 aliphatic heterocycles. The molecule has 1 heterocycles. The van der Waals surface area contributed by atoms with Crippen molar-refractivity contribution in [3.05, 3.63) is 53.1 Å². The highest BCUT2D eigenvalue weighted by Gasteiger charge is 2.76. The molecule has 0 amide bonds. The third kappa shape index (κ3) is 5.36. The summed E-state index contributed by atoms with van der Waals surface area (Å²) in [7, 11) is 1.64. The summed E-state index contributed by atoms with van der Waals surface area (Å²) in [6.45, 7) is 4.42. The number of ketones is 1. The summed E-state index contributed by atoms with van der Waals surface area (Å²) in [5.41, 5.74) is -6.19. The van der Waals surface area contributed by atoms with Crippen LogP contribution in [0.25, 0.3) is 0 Å². The number of nitrogens with one attached hydrogen (secondary N) is 1. The zero-order chi connectivity index (χ0) is 32.8. The van der Waals surface area contributed by atoms with Gasteiger partial charge < -0.3 is 9.84 Å². The van der Waals surface area contributed by atoms with Crippen LogP contribution in [0.2, 0.25) is 5.02 Å². The highest BCUT2D eigenvalue weighted by Crippen LogP contribution is 2.70. The number of ether oxygens (including phenoxy) is 1. The standard InChI is InChI=1S/C33H41ClF2N2O6S/c1-5-12-30(2)23(11-14-39)25(35)15-24-22-10-13-32(31(22,3)16-27(40)33(24,30)36,44-38(4)21-8-6-20(34)7-9-21)28(41)17-43-29(42)26-18-45-19-37-26/h5-9,11-12,14,22,24-27,37,40H,10,13,15-19H2,1-4H3/b12-5-,23-11-/t22?,24?,25-,26?,27?,30?,31?,32-,33-/m0/s1. The van der Waals surface area contributed by atoms with Crippen LogP contribution in [-0.4, -0.2) is 78.0 Å². The predicted molar refractivity (Wildman–Crippen MR) is 169 cm³/mol. The summed E-state index contributed by atoms with van der Waals surface area (Å²) >= 11 is 7.64. The Morgan fingerprint density at radius 3 is 2.58 bits per heavy atom. The van der Waals surface area contributed by atoms with Gasteiger partial charge in [-0.15, -0.1) is 11.8 Å². The van der Waals surface area contributed by atoms with Crippen molar-refractivity contribution in [3.63, 3.8) is 0 Å². The normalized spacial score (nSPS) is 40.3. The molecule has 3 saturated carbocycles. The first kappa shape index (κ1) is 34.0. The molecule has 8 nitrogen and oxygen atoms in total. The monoisotopic (exact) mass is 666 g/mol. The molecule has 0 aromatic heterocycles. The van der Waals surface area contributed by atoms with Crippen LogP contribution < -0.4 is 10.4 Å². The van der Waals surface area contributed by atoms with Crippen LogP contribution in [0.15, 0.2) is 48.1 Å². The van der Waals surface area contributed by atoms with Crippen molar-refractivity contribution in [1.29, 1.82) is 0 Å². The minimum atomic E-state index is -2.33. The van der Waals surface area contributed by atoms with E-state index < -0.39 is 70.6 Å².